The summed E-state index contributed by atoms with van der Waals surface area (Å²) in [6.07, 6.45) is 1.29. The van der Waals surface area contributed by atoms with E-state index in [1.807, 2.05) is 13.8 Å². The first-order valence-corrected chi connectivity index (χ1v) is 6.98. The first-order valence-electron chi connectivity index (χ1n) is 5.54. The van der Waals surface area contributed by atoms with Gasteiger partial charge < -0.3 is 5.32 Å². The fourth-order valence-electron chi connectivity index (χ4n) is 2.00. The first kappa shape index (κ1) is 12.5. The summed E-state index contributed by atoms with van der Waals surface area (Å²) in [6.45, 7) is 5.01. The van der Waals surface area contributed by atoms with E-state index in [0.29, 0.717) is 13.1 Å². The van der Waals surface area contributed by atoms with Crippen molar-refractivity contribution in [1.29, 1.82) is 0 Å². The summed E-state index contributed by atoms with van der Waals surface area (Å²) in [4.78, 5) is 0. The zero-order chi connectivity index (χ0) is 12.6. The molecule has 0 bridgehead atoms. The first-order chi connectivity index (χ1) is 7.94. The zero-order valence-electron chi connectivity index (χ0n) is 10.2. The summed E-state index contributed by atoms with van der Waals surface area (Å²) < 4.78 is 27.6. The van der Waals surface area contributed by atoms with Crippen LogP contribution in [0.5, 0.6) is 0 Å². The van der Waals surface area contributed by atoms with Crippen LogP contribution in [-0.4, -0.2) is 52.9 Å². The van der Waals surface area contributed by atoms with Gasteiger partial charge >= 0.3 is 0 Å². The molecule has 1 fully saturated rings. The Kier molecular flexibility index (Phi) is 3.19. The highest BCUT2D eigenvalue weighted by Crippen LogP contribution is 2.19. The number of hydrogen-bond donors (Lipinski definition) is 1. The Morgan fingerprint density at radius 2 is 2.18 bits per heavy atom. The van der Waals surface area contributed by atoms with Gasteiger partial charge in [-0.2, -0.15) is 4.31 Å². The molecule has 7 nitrogen and oxygen atoms in total. The van der Waals surface area contributed by atoms with E-state index in [1.165, 1.54) is 15.2 Å². The third-order valence-corrected chi connectivity index (χ3v) is 5.25. The van der Waals surface area contributed by atoms with Crippen LogP contribution in [0.1, 0.15) is 13.8 Å². The number of aromatic nitrogens is 3. The van der Waals surface area contributed by atoms with E-state index in [4.69, 9.17) is 0 Å². The molecule has 0 radical (unpaired) electrons. The van der Waals surface area contributed by atoms with Gasteiger partial charge in [0.15, 0.2) is 5.03 Å². The lowest BCUT2D eigenvalue weighted by molar-refractivity contribution is 0.231. The minimum absolute atomic E-state index is 0.0800. The normalized spacial score (nSPS) is 27.2. The monoisotopic (exact) mass is 259 g/mol. The van der Waals surface area contributed by atoms with Crippen molar-refractivity contribution < 1.29 is 8.42 Å². The number of aryl methyl sites for hydroxylation is 1. The van der Waals surface area contributed by atoms with Gasteiger partial charge in [0.2, 0.25) is 0 Å². The second-order valence-electron chi connectivity index (χ2n) is 4.30. The van der Waals surface area contributed by atoms with Gasteiger partial charge in [-0.25, -0.2) is 13.1 Å². The van der Waals surface area contributed by atoms with Crippen LogP contribution in [0.3, 0.4) is 0 Å². The third kappa shape index (κ3) is 2.07. The molecule has 17 heavy (non-hydrogen) atoms. The van der Waals surface area contributed by atoms with Gasteiger partial charge in [-0.05, 0) is 13.8 Å². The molecule has 1 N–H and O–H groups in total. The van der Waals surface area contributed by atoms with Crippen molar-refractivity contribution in [3.05, 3.63) is 6.20 Å². The third-order valence-electron chi connectivity index (χ3n) is 3.22. The smallest absolute Gasteiger partial charge is 0.262 e. The second-order valence-corrected chi connectivity index (χ2v) is 6.13. The Morgan fingerprint density at radius 3 is 2.76 bits per heavy atom. The van der Waals surface area contributed by atoms with Crippen LogP contribution in [0.2, 0.25) is 0 Å². The molecule has 0 unspecified atom stereocenters. The van der Waals surface area contributed by atoms with Gasteiger partial charge in [-0.1, -0.05) is 5.21 Å². The summed E-state index contributed by atoms with van der Waals surface area (Å²) in [5.74, 6) is 0. The lowest BCUT2D eigenvalue weighted by Gasteiger charge is -2.37. The van der Waals surface area contributed by atoms with Gasteiger partial charge in [-0.15, -0.1) is 5.10 Å². The van der Waals surface area contributed by atoms with Gasteiger partial charge in [0.05, 0.1) is 6.20 Å². The van der Waals surface area contributed by atoms with Crippen molar-refractivity contribution in [3.8, 4) is 0 Å². The van der Waals surface area contributed by atoms with E-state index in [1.54, 1.807) is 7.05 Å². The number of rotatable bonds is 2. The molecule has 2 atom stereocenters. The van der Waals surface area contributed by atoms with E-state index in [9.17, 15) is 8.42 Å². The van der Waals surface area contributed by atoms with Crippen LogP contribution in [0.25, 0.3) is 0 Å². The molecule has 0 spiro atoms. The standard InChI is InChI=1S/C9H17N5O2S/c1-7-8(2)14(5-4-10-7)17(15,16)9-6-11-12-13(9)3/h6-8,10H,4-5H2,1-3H3/t7-,8-/m0/s1. The summed E-state index contributed by atoms with van der Waals surface area (Å²) in [7, 11) is -1.92. The van der Waals surface area contributed by atoms with Crippen molar-refractivity contribution in [2.24, 2.45) is 7.05 Å². The molecule has 2 heterocycles. The molecule has 1 saturated heterocycles. The average Bonchev–Trinajstić information content (AvgIpc) is 2.69. The highest BCUT2D eigenvalue weighted by atomic mass is 32.2. The van der Waals surface area contributed by atoms with Crippen molar-refractivity contribution in [2.45, 2.75) is 31.0 Å². The molecular formula is C9H17N5O2S. The number of hydrogen-bond acceptors (Lipinski definition) is 5. The van der Waals surface area contributed by atoms with Crippen molar-refractivity contribution >= 4 is 10.0 Å². The SMILES string of the molecule is C[C@@H]1NCCN(S(=O)(=O)c2cnnn2C)[C@H]1C. The highest BCUT2D eigenvalue weighted by molar-refractivity contribution is 7.89. The molecule has 0 aromatic carbocycles. The molecule has 0 aliphatic carbocycles. The highest BCUT2D eigenvalue weighted by Gasteiger charge is 2.36. The van der Waals surface area contributed by atoms with E-state index in [0.717, 1.165) is 0 Å². The van der Waals surface area contributed by atoms with Crippen LogP contribution in [-0.2, 0) is 17.1 Å². The minimum atomic E-state index is -3.50. The van der Waals surface area contributed by atoms with E-state index >= 15 is 0 Å². The fraction of sp³-hybridized carbons (Fsp3) is 0.778. The van der Waals surface area contributed by atoms with Crippen LogP contribution in [0, 0.1) is 0 Å². The van der Waals surface area contributed by atoms with E-state index < -0.39 is 10.0 Å². The molecule has 0 saturated carbocycles. The molecule has 1 aromatic heterocycles. The molecule has 96 valence electrons. The van der Waals surface area contributed by atoms with Crippen molar-refractivity contribution in [1.82, 2.24) is 24.6 Å². The molecule has 1 aromatic rings. The fourth-order valence-corrected chi connectivity index (χ4v) is 3.74. The molecule has 0 amide bonds. The predicted molar refractivity (Wildman–Crippen MR) is 61.8 cm³/mol. The maximum absolute atomic E-state index is 12.4. The zero-order valence-corrected chi connectivity index (χ0v) is 11.0. The van der Waals surface area contributed by atoms with E-state index in [-0.39, 0.29) is 17.1 Å². The Balaban J connectivity index is 2.36. The van der Waals surface area contributed by atoms with Crippen LogP contribution >= 0.6 is 0 Å². The van der Waals surface area contributed by atoms with Gasteiger partial charge in [0.1, 0.15) is 0 Å². The predicted octanol–water partition coefficient (Wildman–Crippen LogP) is -0.814. The Bertz CT molecular complexity index is 497. The Morgan fingerprint density at radius 1 is 1.47 bits per heavy atom. The Hall–Kier alpha value is -0.990. The average molecular weight is 259 g/mol. The van der Waals surface area contributed by atoms with E-state index in [2.05, 4.69) is 15.6 Å². The summed E-state index contributed by atoms with van der Waals surface area (Å²) in [5.41, 5.74) is 0. The number of piperazine rings is 1. The number of sulfonamides is 1. The van der Waals surface area contributed by atoms with Gasteiger partial charge in [-0.3, -0.25) is 0 Å². The van der Waals surface area contributed by atoms with Crippen LogP contribution in [0.4, 0.5) is 0 Å². The van der Waals surface area contributed by atoms with Crippen molar-refractivity contribution in [3.63, 3.8) is 0 Å². The molecule has 8 heteroatoms. The minimum Gasteiger partial charge on any atom is -0.311 e. The van der Waals surface area contributed by atoms with Gasteiger partial charge in [0, 0.05) is 32.2 Å². The largest absolute Gasteiger partial charge is 0.311 e. The topological polar surface area (TPSA) is 80.1 Å². The lowest BCUT2D eigenvalue weighted by atomic mass is 10.1. The van der Waals surface area contributed by atoms with Crippen LogP contribution in [0.15, 0.2) is 11.2 Å². The summed E-state index contributed by atoms with van der Waals surface area (Å²) in [6, 6.07) is 0.0587. The molecule has 1 aliphatic rings. The number of nitrogens with zero attached hydrogens (tertiary/aromatic N) is 4. The maximum Gasteiger partial charge on any atom is 0.262 e. The number of nitrogens with one attached hydrogen (secondary N) is 1. The Labute approximate surface area is 101 Å². The summed E-state index contributed by atoms with van der Waals surface area (Å²) in [5, 5.41) is 10.7. The molecular weight excluding hydrogens is 242 g/mol. The van der Waals surface area contributed by atoms with Gasteiger partial charge in [0.25, 0.3) is 10.0 Å². The quantitative estimate of drug-likeness (QED) is 0.751. The molecule has 1 aliphatic heterocycles. The van der Waals surface area contributed by atoms with Crippen molar-refractivity contribution in [2.75, 3.05) is 13.1 Å². The molecule has 2 rings (SSSR count). The second kappa shape index (κ2) is 4.35. The van der Waals surface area contributed by atoms with Crippen LogP contribution < -0.4 is 5.32 Å². The summed E-state index contributed by atoms with van der Waals surface area (Å²) >= 11 is 0. The maximum atomic E-state index is 12.4. The lowest BCUT2D eigenvalue weighted by Crippen LogP contribution is -2.57.